The Morgan fingerprint density at radius 1 is 1.36 bits per heavy atom. The molecule has 0 aliphatic heterocycles. The molecule has 6 nitrogen and oxygen atoms in total. The van der Waals surface area contributed by atoms with Crippen LogP contribution in [-0.2, 0) is 14.4 Å². The number of hydrogen-bond donors (Lipinski definition) is 4. The van der Waals surface area contributed by atoms with Crippen molar-refractivity contribution in [3.8, 4) is 0 Å². The summed E-state index contributed by atoms with van der Waals surface area (Å²) in [6.45, 7) is 3.14. The molecule has 0 radical (unpaired) electrons. The maximum Gasteiger partial charge on any atom is 0.304 e. The second-order valence-electron chi connectivity index (χ2n) is 2.10. The second-order valence-corrected chi connectivity index (χ2v) is 2.54. The minimum absolute atomic E-state index is 0. The van der Waals surface area contributed by atoms with Gasteiger partial charge in [0, 0.05) is 0 Å². The lowest BCUT2D eigenvalue weighted by Gasteiger charge is -2.04. The van der Waals surface area contributed by atoms with E-state index in [9.17, 15) is 14.4 Å². The van der Waals surface area contributed by atoms with E-state index in [-0.39, 0.29) is 12.3 Å². The molecule has 1 atom stereocenters. The highest BCUT2D eigenvalue weighted by molar-refractivity contribution is 7.96. The highest BCUT2D eigenvalue weighted by Gasteiger charge is 2.24. The second kappa shape index (κ2) is 8.42. The van der Waals surface area contributed by atoms with Gasteiger partial charge in [0.1, 0.15) is 5.92 Å². The van der Waals surface area contributed by atoms with E-state index in [4.69, 9.17) is 5.11 Å². The van der Waals surface area contributed by atoms with Crippen LogP contribution in [-0.4, -0.2) is 22.0 Å². The van der Waals surface area contributed by atoms with E-state index in [1.165, 1.54) is 0 Å². The third-order valence-corrected chi connectivity index (χ3v) is 1.53. The van der Waals surface area contributed by atoms with Gasteiger partial charge in [0.2, 0.25) is 0 Å². The summed E-state index contributed by atoms with van der Waals surface area (Å²) in [5, 5.41) is 7.56. The molecule has 0 aromatic heterocycles. The Balaban J connectivity index is -0.000000605. The first-order chi connectivity index (χ1) is 5.49. The van der Waals surface area contributed by atoms with Crippen molar-refractivity contribution < 1.29 is 19.5 Å². The first-order valence-corrected chi connectivity index (χ1v) is 3.54. The predicted octanol–water partition coefficient (Wildman–Crippen LogP) is 0.613. The molecule has 14 heavy (non-hydrogen) atoms. The highest BCUT2D eigenvalue weighted by Crippen LogP contribution is 2.09. The zero-order valence-corrected chi connectivity index (χ0v) is 8.50. The van der Waals surface area contributed by atoms with Gasteiger partial charge < -0.3 is 17.4 Å². The van der Waals surface area contributed by atoms with Gasteiger partial charge in [-0.25, -0.2) is 0 Å². The lowest BCUT2D eigenvalue weighted by atomic mass is 10.0. The predicted molar refractivity (Wildman–Crippen MR) is 55.0 cm³/mol. The molecule has 0 amide bonds. The molecule has 82 valence electrons. The number of rotatable bonds is 5. The van der Waals surface area contributed by atoms with E-state index in [0.29, 0.717) is 0 Å². The van der Waals surface area contributed by atoms with Crippen molar-refractivity contribution in [1.29, 1.82) is 0 Å². The summed E-state index contributed by atoms with van der Waals surface area (Å²) in [5.41, 5.74) is 0. The molecule has 0 bridgehead atoms. The van der Waals surface area contributed by atoms with Gasteiger partial charge in [-0.05, 0) is 6.08 Å². The molecule has 0 spiro atoms. The topological polar surface area (TPSA) is 141 Å². The standard InChI is InChI=1S/C7H8O4S.2H3N/c1-2-5(8)4(7(11)12)3-6(9)10;;/h2,4H,1,3H2,(H,9,10)(H,11,12);2*1H3. The monoisotopic (exact) mass is 222 g/mol. The molecule has 0 saturated heterocycles. The summed E-state index contributed by atoms with van der Waals surface area (Å²) < 4.78 is 0. The smallest absolute Gasteiger partial charge is 0.304 e. The summed E-state index contributed by atoms with van der Waals surface area (Å²) in [6, 6.07) is 0. The molecule has 7 N–H and O–H groups in total. The fourth-order valence-corrected chi connectivity index (χ4v) is 0.845. The van der Waals surface area contributed by atoms with Gasteiger partial charge in [-0.1, -0.05) is 6.58 Å². The molecule has 0 heterocycles. The maximum absolute atomic E-state index is 10.8. The fourth-order valence-electron chi connectivity index (χ4n) is 0.626. The van der Waals surface area contributed by atoms with Crippen LogP contribution in [0.25, 0.3) is 0 Å². The Kier molecular flexibility index (Phi) is 11.2. The van der Waals surface area contributed by atoms with Gasteiger partial charge in [-0.2, -0.15) is 0 Å². The lowest BCUT2D eigenvalue weighted by molar-refractivity contribution is -0.141. The zero-order chi connectivity index (χ0) is 9.72. The van der Waals surface area contributed by atoms with E-state index in [1.54, 1.807) is 0 Å². The van der Waals surface area contributed by atoms with E-state index < -0.39 is 29.2 Å². The van der Waals surface area contributed by atoms with Crippen LogP contribution in [0.2, 0.25) is 0 Å². The number of carboxylic acids is 1. The molecule has 0 rings (SSSR count). The van der Waals surface area contributed by atoms with E-state index >= 15 is 0 Å². The number of carbonyl (C=O) groups is 3. The van der Waals surface area contributed by atoms with Gasteiger partial charge in [-0.3, -0.25) is 14.4 Å². The van der Waals surface area contributed by atoms with E-state index in [0.717, 1.165) is 6.08 Å². The first-order valence-electron chi connectivity index (χ1n) is 3.10. The van der Waals surface area contributed by atoms with Crippen LogP contribution in [0.15, 0.2) is 12.7 Å². The molecule has 0 aliphatic rings. The van der Waals surface area contributed by atoms with Gasteiger partial charge in [-0.15, -0.1) is 12.6 Å². The van der Waals surface area contributed by atoms with Crippen molar-refractivity contribution in [3.63, 3.8) is 0 Å². The van der Waals surface area contributed by atoms with E-state index in [1.807, 2.05) is 0 Å². The molecule has 1 unspecified atom stereocenters. The van der Waals surface area contributed by atoms with E-state index in [2.05, 4.69) is 19.2 Å². The molecule has 7 heteroatoms. The number of carbonyl (C=O) groups excluding carboxylic acids is 2. The van der Waals surface area contributed by atoms with Crippen molar-refractivity contribution in [2.75, 3.05) is 0 Å². The Hall–Kier alpha value is -1.18. The number of ketones is 1. The summed E-state index contributed by atoms with van der Waals surface area (Å²) in [4.78, 5) is 31.6. The minimum Gasteiger partial charge on any atom is -0.481 e. The van der Waals surface area contributed by atoms with Crippen molar-refractivity contribution in [2.24, 2.45) is 5.92 Å². The van der Waals surface area contributed by atoms with Crippen LogP contribution in [0, 0.1) is 5.92 Å². The average Bonchev–Trinajstić information content (AvgIpc) is 1.98. The number of carboxylic acid groups (broad SMARTS) is 1. The highest BCUT2D eigenvalue weighted by atomic mass is 32.1. The molecule has 0 aromatic rings. The van der Waals surface area contributed by atoms with Gasteiger partial charge >= 0.3 is 5.97 Å². The molecule has 0 fully saturated rings. The summed E-state index contributed by atoms with van der Waals surface area (Å²) in [5.74, 6) is -3.03. The number of thiol groups is 1. The van der Waals surface area contributed by atoms with Crippen LogP contribution in [0.1, 0.15) is 6.42 Å². The normalized spacial score (nSPS) is 10.1. The molecule has 0 aromatic carbocycles. The van der Waals surface area contributed by atoms with Crippen LogP contribution in [0.3, 0.4) is 0 Å². The SMILES string of the molecule is C=CC(=O)C(CC(=O)O)C(=O)S.N.N. The largest absolute Gasteiger partial charge is 0.481 e. The lowest BCUT2D eigenvalue weighted by Crippen LogP contribution is -2.21. The van der Waals surface area contributed by atoms with Crippen molar-refractivity contribution in [2.45, 2.75) is 6.42 Å². The average molecular weight is 222 g/mol. The van der Waals surface area contributed by atoms with Gasteiger partial charge in [0.25, 0.3) is 0 Å². The quantitative estimate of drug-likeness (QED) is 0.305. The van der Waals surface area contributed by atoms with Gasteiger partial charge in [0.05, 0.1) is 6.42 Å². The van der Waals surface area contributed by atoms with Crippen molar-refractivity contribution in [1.82, 2.24) is 12.3 Å². The maximum atomic E-state index is 10.8. The van der Waals surface area contributed by atoms with Crippen LogP contribution in [0.5, 0.6) is 0 Å². The Morgan fingerprint density at radius 3 is 2.00 bits per heavy atom. The van der Waals surface area contributed by atoms with Gasteiger partial charge in [0.15, 0.2) is 10.9 Å². The van der Waals surface area contributed by atoms with Crippen LogP contribution >= 0.6 is 12.6 Å². The third-order valence-electron chi connectivity index (χ3n) is 1.22. The molecule has 0 aliphatic carbocycles. The zero-order valence-electron chi connectivity index (χ0n) is 7.60. The Morgan fingerprint density at radius 2 is 1.79 bits per heavy atom. The summed E-state index contributed by atoms with van der Waals surface area (Å²) in [6.07, 6.45) is 0.384. The molecular formula is C7H14N2O4S. The van der Waals surface area contributed by atoms with Crippen molar-refractivity contribution in [3.05, 3.63) is 12.7 Å². The third kappa shape index (κ3) is 6.35. The number of aliphatic carboxylic acids is 1. The van der Waals surface area contributed by atoms with Crippen LogP contribution in [0.4, 0.5) is 0 Å². The first kappa shape index (κ1) is 18.6. The summed E-state index contributed by atoms with van der Waals surface area (Å²) in [7, 11) is 0. The molecular weight excluding hydrogens is 208 g/mol. The Labute approximate surface area is 86.9 Å². The number of hydrogen-bond acceptors (Lipinski definition) is 5. The van der Waals surface area contributed by atoms with Crippen molar-refractivity contribution >= 4 is 29.5 Å². The van der Waals surface area contributed by atoms with Crippen LogP contribution < -0.4 is 12.3 Å². The molecule has 0 saturated carbocycles. The number of allylic oxidation sites excluding steroid dienone is 1. The Bertz CT molecular complexity index is 242. The fraction of sp³-hybridized carbons (Fsp3) is 0.286. The summed E-state index contributed by atoms with van der Waals surface area (Å²) >= 11 is 3.39. The minimum atomic E-state index is -1.21.